The van der Waals surface area contributed by atoms with E-state index in [2.05, 4.69) is 44.9 Å². The zero-order valence-electron chi connectivity index (χ0n) is 26.4. The third-order valence-corrected chi connectivity index (χ3v) is 8.17. The average molecular weight is 622 g/mol. The Balaban J connectivity index is 1.35. The molecule has 0 saturated heterocycles. The fourth-order valence-corrected chi connectivity index (χ4v) is 5.97. The molecule has 7 heteroatoms. The van der Waals surface area contributed by atoms with Crippen LogP contribution in [-0.4, -0.2) is 34.7 Å². The first-order valence-corrected chi connectivity index (χ1v) is 15.7. The second-order valence-corrected chi connectivity index (χ2v) is 11.2. The molecular formula is C40H35N3O4. The summed E-state index contributed by atoms with van der Waals surface area (Å²) in [6, 6.07) is 32.0. The molecule has 0 radical (unpaired) electrons. The normalized spacial score (nSPS) is 14.3. The summed E-state index contributed by atoms with van der Waals surface area (Å²) in [7, 11) is 0. The van der Waals surface area contributed by atoms with Crippen molar-refractivity contribution in [2.24, 2.45) is 5.92 Å². The molecular weight excluding hydrogens is 586 g/mol. The van der Waals surface area contributed by atoms with Gasteiger partial charge < -0.3 is 19.4 Å². The summed E-state index contributed by atoms with van der Waals surface area (Å²) in [5.74, 6) is 4.29. The van der Waals surface area contributed by atoms with Crippen LogP contribution in [0.25, 0.3) is 22.3 Å². The number of hydrogen-bond donors (Lipinski definition) is 1. The second-order valence-electron chi connectivity index (χ2n) is 11.2. The van der Waals surface area contributed by atoms with Gasteiger partial charge in [0.15, 0.2) is 6.61 Å². The zero-order valence-corrected chi connectivity index (χ0v) is 26.4. The highest BCUT2D eigenvalue weighted by Gasteiger charge is 2.38. The van der Waals surface area contributed by atoms with E-state index in [1.165, 1.54) is 0 Å². The predicted octanol–water partition coefficient (Wildman–Crippen LogP) is 7.02. The van der Waals surface area contributed by atoms with E-state index in [4.69, 9.17) is 9.47 Å². The number of pyridine rings is 1. The number of carbonyl (C=O) groups is 2. The third kappa shape index (κ3) is 7.03. The fraction of sp³-hybridized carbons (Fsp3) is 0.175. The van der Waals surface area contributed by atoms with Crippen LogP contribution in [0.3, 0.4) is 0 Å². The largest absolute Gasteiger partial charge is 0.463 e. The summed E-state index contributed by atoms with van der Waals surface area (Å²) < 4.78 is 13.4. The smallest absolute Gasteiger partial charge is 0.337 e. The van der Waals surface area contributed by atoms with Crippen LogP contribution >= 0.6 is 0 Å². The van der Waals surface area contributed by atoms with E-state index in [0.29, 0.717) is 35.4 Å². The van der Waals surface area contributed by atoms with Crippen molar-refractivity contribution in [2.45, 2.75) is 26.7 Å². The lowest BCUT2D eigenvalue weighted by atomic mass is 9.80. The Morgan fingerprint density at radius 2 is 1.64 bits per heavy atom. The van der Waals surface area contributed by atoms with E-state index in [1.807, 2.05) is 85.9 Å². The lowest BCUT2D eigenvalue weighted by molar-refractivity contribution is -0.139. The van der Waals surface area contributed by atoms with Crippen LogP contribution < -0.4 is 5.32 Å². The maximum absolute atomic E-state index is 13.8. The highest BCUT2D eigenvalue weighted by Crippen LogP contribution is 2.38. The molecule has 5 aromatic rings. The number of esters is 2. The van der Waals surface area contributed by atoms with Crippen molar-refractivity contribution < 1.29 is 19.1 Å². The molecule has 6 rings (SSSR count). The summed E-state index contributed by atoms with van der Waals surface area (Å²) in [5, 5.41) is 4.54. The quantitative estimate of drug-likeness (QED) is 0.141. The Hall–Kier alpha value is -5.87. The van der Waals surface area contributed by atoms with E-state index < -0.39 is 17.9 Å². The molecule has 47 heavy (non-hydrogen) atoms. The number of aromatic nitrogens is 2. The van der Waals surface area contributed by atoms with Crippen LogP contribution in [0.4, 0.5) is 0 Å². The van der Waals surface area contributed by atoms with E-state index in [-0.39, 0.29) is 13.2 Å². The fourth-order valence-electron chi connectivity index (χ4n) is 5.97. The van der Waals surface area contributed by atoms with Crippen molar-refractivity contribution in [3.8, 4) is 17.5 Å². The number of nitrogens with zero attached hydrogens (tertiary/aromatic N) is 2. The number of benzene rings is 3. The van der Waals surface area contributed by atoms with Gasteiger partial charge in [-0.05, 0) is 79.6 Å². The van der Waals surface area contributed by atoms with Crippen LogP contribution in [0.1, 0.15) is 37.0 Å². The molecule has 1 aliphatic rings. The van der Waals surface area contributed by atoms with Gasteiger partial charge in [0.2, 0.25) is 0 Å². The summed E-state index contributed by atoms with van der Waals surface area (Å²) in [5.41, 5.74) is 6.79. The van der Waals surface area contributed by atoms with Gasteiger partial charge in [-0.2, -0.15) is 0 Å². The third-order valence-electron chi connectivity index (χ3n) is 8.17. The van der Waals surface area contributed by atoms with Crippen LogP contribution in [-0.2, 0) is 25.5 Å². The molecule has 0 saturated carbocycles. The summed E-state index contributed by atoms with van der Waals surface area (Å²) >= 11 is 0. The Bertz CT molecular complexity index is 2010. The first-order chi connectivity index (χ1) is 23.0. The van der Waals surface area contributed by atoms with Crippen molar-refractivity contribution in [3.05, 3.63) is 149 Å². The van der Waals surface area contributed by atoms with Gasteiger partial charge in [0.05, 0.1) is 29.0 Å². The van der Waals surface area contributed by atoms with Crippen LogP contribution in [0.15, 0.2) is 132 Å². The predicted molar refractivity (Wildman–Crippen MR) is 183 cm³/mol. The number of carbonyl (C=O) groups excluding carboxylic acids is 2. The van der Waals surface area contributed by atoms with E-state index in [0.717, 1.165) is 33.3 Å². The van der Waals surface area contributed by atoms with Crippen molar-refractivity contribution in [1.82, 2.24) is 14.9 Å². The van der Waals surface area contributed by atoms with Gasteiger partial charge in [-0.3, -0.25) is 4.98 Å². The van der Waals surface area contributed by atoms with E-state index >= 15 is 0 Å². The number of allylic oxidation sites excluding steroid dienone is 1. The first-order valence-electron chi connectivity index (χ1n) is 15.7. The number of para-hydroxylation sites is 1. The second kappa shape index (κ2) is 14.5. The molecule has 3 heterocycles. The maximum atomic E-state index is 13.8. The monoisotopic (exact) mass is 621 g/mol. The van der Waals surface area contributed by atoms with Crippen LogP contribution in [0.5, 0.6) is 0 Å². The topological polar surface area (TPSA) is 82.5 Å². The van der Waals surface area contributed by atoms with Crippen molar-refractivity contribution in [3.63, 3.8) is 0 Å². The van der Waals surface area contributed by atoms with Crippen molar-refractivity contribution >= 4 is 28.5 Å². The highest BCUT2D eigenvalue weighted by molar-refractivity contribution is 6.03. The zero-order chi connectivity index (χ0) is 32.6. The molecule has 0 amide bonds. The number of dihydropyridines is 1. The first kappa shape index (κ1) is 31.1. The Morgan fingerprint density at radius 3 is 2.40 bits per heavy atom. The molecule has 0 fully saturated rings. The highest BCUT2D eigenvalue weighted by atomic mass is 16.5. The molecule has 1 N–H and O–H groups in total. The summed E-state index contributed by atoms with van der Waals surface area (Å²) in [4.78, 5) is 31.5. The Labute approximate surface area is 274 Å². The van der Waals surface area contributed by atoms with Gasteiger partial charge in [-0.15, -0.1) is 0 Å². The maximum Gasteiger partial charge on any atom is 0.337 e. The van der Waals surface area contributed by atoms with Gasteiger partial charge >= 0.3 is 11.9 Å². The molecule has 1 atom stereocenters. The lowest BCUT2D eigenvalue weighted by Crippen LogP contribution is -2.34. The molecule has 1 unspecified atom stereocenters. The molecule has 0 bridgehead atoms. The van der Waals surface area contributed by atoms with Gasteiger partial charge in [0, 0.05) is 41.5 Å². The summed E-state index contributed by atoms with van der Waals surface area (Å²) in [6.45, 7) is 3.72. The lowest BCUT2D eigenvalue weighted by Gasteiger charge is -2.31. The molecule has 2 aromatic heterocycles. The van der Waals surface area contributed by atoms with Gasteiger partial charge in [0.1, 0.15) is 0 Å². The average Bonchev–Trinajstić information content (AvgIpc) is 3.54. The van der Waals surface area contributed by atoms with Crippen LogP contribution in [0.2, 0.25) is 0 Å². The number of rotatable bonds is 9. The standard InChI is InChI=1S/C40H35N3O4/c1-3-46-40(45)37-34(22-17-29-11-5-4-6-12-29)36(39(44)47-26-10-14-30-13-9-24-41-27-30)28(2)42-38(37)32-18-20-33(21-19-32)43-25-23-31-15-7-8-16-35(31)43/h4-9,11-13,15-16,18-21,23-25,27,34,42H,3,17,22,26H2,1-2H3. The van der Waals surface area contributed by atoms with E-state index in [1.54, 1.807) is 25.4 Å². The molecule has 7 nitrogen and oxygen atoms in total. The number of nitrogens with one attached hydrogen (secondary N) is 1. The van der Waals surface area contributed by atoms with Crippen molar-refractivity contribution in [2.75, 3.05) is 13.2 Å². The van der Waals surface area contributed by atoms with Gasteiger partial charge in [-0.25, -0.2) is 9.59 Å². The van der Waals surface area contributed by atoms with Gasteiger partial charge in [0.25, 0.3) is 0 Å². The number of aryl methyl sites for hydroxylation is 1. The number of ether oxygens (including phenoxy) is 2. The molecule has 234 valence electrons. The molecule has 0 aliphatic carbocycles. The molecule has 1 aliphatic heterocycles. The molecule has 0 spiro atoms. The number of hydrogen-bond acceptors (Lipinski definition) is 6. The minimum absolute atomic E-state index is 0.100. The Morgan fingerprint density at radius 1 is 0.872 bits per heavy atom. The van der Waals surface area contributed by atoms with Gasteiger partial charge in [-0.1, -0.05) is 72.5 Å². The molecule has 3 aromatic carbocycles. The Kier molecular flexibility index (Phi) is 9.59. The van der Waals surface area contributed by atoms with Crippen LogP contribution in [0, 0.1) is 17.8 Å². The van der Waals surface area contributed by atoms with Crippen molar-refractivity contribution in [1.29, 1.82) is 0 Å². The minimum Gasteiger partial charge on any atom is -0.463 e. The van der Waals surface area contributed by atoms with E-state index in [9.17, 15) is 9.59 Å². The summed E-state index contributed by atoms with van der Waals surface area (Å²) in [6.07, 6.45) is 6.52. The minimum atomic E-state index is -0.572. The number of fused-ring (bicyclic) bond motifs is 1. The SMILES string of the molecule is CCOC(=O)C1=C(c2ccc(-n3ccc4ccccc43)cc2)NC(C)=C(C(=O)OCC#Cc2cccnc2)C1CCc1ccccc1.